The first-order valence-electron chi connectivity index (χ1n) is 40.7. The summed E-state index contributed by atoms with van der Waals surface area (Å²) in [6, 6.07) is 152. The fraction of sp³-hybridized carbons (Fsp3) is 0.0179. The third-order valence-corrected chi connectivity index (χ3v) is 29.7. The van der Waals surface area contributed by atoms with Crippen molar-refractivity contribution in [1.82, 2.24) is 13.7 Å². The zero-order chi connectivity index (χ0) is 77.1. The van der Waals surface area contributed by atoms with Crippen LogP contribution < -0.4 is 0 Å². The summed E-state index contributed by atoms with van der Waals surface area (Å²) in [6.45, 7) is 0. The van der Waals surface area contributed by atoms with Gasteiger partial charge >= 0.3 is 0 Å². The summed E-state index contributed by atoms with van der Waals surface area (Å²) in [5.74, 6) is 0. The molecule has 2 spiro atoms. The molecule has 23 aromatic rings. The fourth-order valence-corrected chi connectivity index (χ4v) is 25.0. The van der Waals surface area contributed by atoms with E-state index in [-0.39, 0.29) is 0 Å². The highest BCUT2D eigenvalue weighted by molar-refractivity contribution is 7.99. The second-order valence-corrected chi connectivity index (χ2v) is 35.2. The van der Waals surface area contributed by atoms with Crippen LogP contribution in [0.3, 0.4) is 0 Å². The fourth-order valence-electron chi connectivity index (χ4n) is 21.5. The molecule has 4 aromatic heterocycles. The molecule has 0 saturated carbocycles. The topological polar surface area (TPSA) is 14.8 Å². The molecule has 0 saturated heterocycles. The van der Waals surface area contributed by atoms with Crippen molar-refractivity contribution in [2.75, 3.05) is 0 Å². The molecule has 0 unspecified atom stereocenters. The maximum atomic E-state index is 2.55. The van der Waals surface area contributed by atoms with Crippen LogP contribution in [-0.2, 0) is 10.8 Å². The molecule has 6 heteroatoms. The third-order valence-electron chi connectivity index (χ3n) is 26.2. The number of rotatable bonds is 5. The van der Waals surface area contributed by atoms with Crippen LogP contribution in [0.2, 0.25) is 0 Å². The third kappa shape index (κ3) is 9.11. The van der Waals surface area contributed by atoms with Gasteiger partial charge in [0, 0.05) is 88.5 Å². The Morgan fingerprint density at radius 2 is 0.525 bits per heavy atom. The van der Waals surface area contributed by atoms with E-state index in [1.54, 1.807) is 0 Å². The molecule has 0 fully saturated rings. The second kappa shape index (κ2) is 25.3. The number of fused-ring (bicyclic) bond motifs is 32. The first-order valence-corrected chi connectivity index (χ1v) is 43.1. The molecule has 4 aliphatic rings. The molecule has 0 radical (unpaired) electrons. The minimum atomic E-state index is -0.450. The van der Waals surface area contributed by atoms with Crippen LogP contribution in [0, 0.1) is 0 Å². The van der Waals surface area contributed by atoms with Gasteiger partial charge in [0.15, 0.2) is 0 Å². The number of hydrogen-bond donors (Lipinski definition) is 0. The number of thiophene rings is 1. The lowest BCUT2D eigenvalue weighted by atomic mass is 9.67. The zero-order valence-corrected chi connectivity index (χ0v) is 66.2. The van der Waals surface area contributed by atoms with Crippen LogP contribution in [-0.4, -0.2) is 13.7 Å². The molecule has 118 heavy (non-hydrogen) atoms. The van der Waals surface area contributed by atoms with Crippen LogP contribution in [0.5, 0.6) is 0 Å². The van der Waals surface area contributed by atoms with E-state index in [9.17, 15) is 0 Å². The van der Waals surface area contributed by atoms with E-state index >= 15 is 0 Å². The maximum Gasteiger partial charge on any atom is 0.0736 e. The molecule has 0 amide bonds. The van der Waals surface area contributed by atoms with Gasteiger partial charge in [-0.25, -0.2) is 0 Å². The maximum absolute atomic E-state index is 2.55. The van der Waals surface area contributed by atoms with Gasteiger partial charge in [0.2, 0.25) is 0 Å². The second-order valence-electron chi connectivity index (χ2n) is 31.9. The Morgan fingerprint density at radius 3 is 1.03 bits per heavy atom. The van der Waals surface area contributed by atoms with E-state index in [1.807, 2.05) is 34.9 Å². The predicted octanol–water partition coefficient (Wildman–Crippen LogP) is 30.3. The molecule has 2 aliphatic carbocycles. The van der Waals surface area contributed by atoms with E-state index in [0.717, 1.165) is 0 Å². The van der Waals surface area contributed by atoms with Gasteiger partial charge in [-0.1, -0.05) is 309 Å². The smallest absolute Gasteiger partial charge is 0.0736 e. The Morgan fingerprint density at radius 1 is 0.178 bits per heavy atom. The molecule has 0 N–H and O–H groups in total. The first-order chi connectivity index (χ1) is 58.5. The van der Waals surface area contributed by atoms with Gasteiger partial charge in [0.25, 0.3) is 0 Å². The van der Waals surface area contributed by atoms with Crippen LogP contribution in [0.1, 0.15) is 44.5 Å². The monoisotopic (exact) mass is 1550 g/mol. The van der Waals surface area contributed by atoms with Crippen LogP contribution in [0.4, 0.5) is 0 Å². The molecule has 3 nitrogen and oxygen atoms in total. The van der Waals surface area contributed by atoms with Crippen molar-refractivity contribution in [2.45, 2.75) is 30.4 Å². The summed E-state index contributed by atoms with van der Waals surface area (Å²) < 4.78 is 10.1. The van der Waals surface area contributed by atoms with Gasteiger partial charge in [-0.2, -0.15) is 0 Å². The largest absolute Gasteiger partial charge is 0.309 e. The van der Waals surface area contributed by atoms with Crippen molar-refractivity contribution in [1.29, 1.82) is 0 Å². The van der Waals surface area contributed by atoms with Gasteiger partial charge in [-0.05, 0) is 221 Å². The molecule has 0 bridgehead atoms. The molecule has 19 aromatic carbocycles. The number of hydrogen-bond acceptors (Lipinski definition) is 3. The zero-order valence-electron chi connectivity index (χ0n) is 63.7. The number of aromatic nitrogens is 3. The molecular weight excluding hydrogens is 1480 g/mol. The van der Waals surface area contributed by atoms with E-state index in [1.165, 1.54) is 233 Å². The summed E-state index contributed by atoms with van der Waals surface area (Å²) in [5, 5.41) is 15.2. The molecule has 0 atom stereocenters. The highest BCUT2D eigenvalue weighted by atomic mass is 32.2. The molecule has 6 heterocycles. The van der Waals surface area contributed by atoms with E-state index < -0.39 is 10.8 Å². The van der Waals surface area contributed by atoms with Gasteiger partial charge in [0.05, 0.1) is 55.3 Å². The highest BCUT2D eigenvalue weighted by Crippen LogP contribution is 2.65. The number of nitrogens with zero attached hydrogens (tertiary/aromatic N) is 3. The first kappa shape index (κ1) is 66.3. The van der Waals surface area contributed by atoms with Crippen molar-refractivity contribution >= 4 is 142 Å². The molecule has 2 aliphatic heterocycles. The average Bonchev–Trinajstić information content (AvgIpc) is 1.51. The van der Waals surface area contributed by atoms with Gasteiger partial charge < -0.3 is 13.7 Å². The van der Waals surface area contributed by atoms with E-state index in [0.29, 0.717) is 0 Å². The van der Waals surface area contributed by atoms with Crippen molar-refractivity contribution in [3.63, 3.8) is 0 Å². The predicted molar refractivity (Wildman–Crippen MR) is 498 cm³/mol. The van der Waals surface area contributed by atoms with Gasteiger partial charge in [0.1, 0.15) is 0 Å². The lowest BCUT2D eigenvalue weighted by Crippen LogP contribution is -2.31. The van der Waals surface area contributed by atoms with Crippen molar-refractivity contribution in [3.05, 3.63) is 451 Å². The Hall–Kier alpha value is -14.0. The number of benzene rings is 19. The van der Waals surface area contributed by atoms with E-state index in [4.69, 9.17) is 0 Å². The van der Waals surface area contributed by atoms with Crippen molar-refractivity contribution < 1.29 is 0 Å². The minimum Gasteiger partial charge on any atom is -0.309 e. The summed E-state index contributed by atoms with van der Waals surface area (Å²) in [5.41, 5.74) is 31.1. The summed E-state index contributed by atoms with van der Waals surface area (Å²) >= 11 is 5.67. The van der Waals surface area contributed by atoms with Crippen LogP contribution in [0.15, 0.2) is 426 Å². The highest BCUT2D eigenvalue weighted by Gasteiger charge is 2.52. The molecule has 27 rings (SSSR count). The standard InChI is InChI=1S/C59H36N2S.C53H31NS2/c1-2-16-38(17-3-1)60-52-27-10-5-19-43(52)46-34-37(32-33-55(46)60)39-21-14-23-42-40(39)22-15-29-54(42)61-53-28-11-6-20-44(53)47-35-45-41-18-4-7-24-48(41)59(51(45)36-56(47)61)49-25-8-12-30-57(49)62-58-31-13-9-26-50(58)59;1-4-19-42-35(13-1)39-30-40-37-14-2-7-22-46(37)54(48(40)31-45(39)53(42)43-20-5-9-25-51(43)56-52-26-10-6-21-44(52)53)47-23-12-17-34-33(16-11-18-36(34)47)32-27-28-50-41(29-32)38-15-3-8-24-49(38)55-50/h1-36H;1-31H. The molecule has 548 valence electrons. The minimum absolute atomic E-state index is 0.434. The van der Waals surface area contributed by atoms with Gasteiger partial charge in [-0.3, -0.25) is 0 Å². The Balaban J connectivity index is 0.000000129. The Labute approximate surface area is 693 Å². The van der Waals surface area contributed by atoms with Crippen LogP contribution >= 0.6 is 34.9 Å². The van der Waals surface area contributed by atoms with Gasteiger partial charge in [-0.15, -0.1) is 11.3 Å². The molecular formula is C112H67N3S3. The summed E-state index contributed by atoms with van der Waals surface area (Å²) in [4.78, 5) is 5.28. The summed E-state index contributed by atoms with van der Waals surface area (Å²) in [6.07, 6.45) is 0. The summed E-state index contributed by atoms with van der Waals surface area (Å²) in [7, 11) is 0. The quantitative estimate of drug-likeness (QED) is 0.171. The average molecular weight is 1550 g/mol. The lowest BCUT2D eigenvalue weighted by molar-refractivity contribution is 0.723. The Kier molecular flexibility index (Phi) is 14.2. The van der Waals surface area contributed by atoms with Crippen LogP contribution in [0.25, 0.3) is 169 Å². The van der Waals surface area contributed by atoms with Crippen molar-refractivity contribution in [3.8, 4) is 61.6 Å². The lowest BCUT2D eigenvalue weighted by Gasteiger charge is -2.39. The number of para-hydroxylation sites is 4. The SMILES string of the molecule is c1ccc(-n2c3ccccc3c3cc(-c4cccc5c(-n6c7ccccc7c7cc8c(cc76)C6(c7ccccc7Sc7ccccc76)c6ccccc6-8)cccc45)ccc32)cc1.c1ccc2c(c1)Sc1ccccc1C21c2ccccc2-c2cc3c4ccccc4n(-c4cccc5c(-c6ccc7sc8ccccc8c7c6)cccc45)c3cc21. The Bertz CT molecular complexity index is 8200. The van der Waals surface area contributed by atoms with Crippen molar-refractivity contribution in [2.24, 2.45) is 0 Å². The van der Waals surface area contributed by atoms with E-state index in [2.05, 4.69) is 420 Å². The normalized spacial score (nSPS) is 13.7.